The summed E-state index contributed by atoms with van der Waals surface area (Å²) in [6, 6.07) is 7.80. The molecule has 1 N–H and O–H groups in total. The molecule has 2 atom stereocenters. The molecule has 2 aliphatic rings. The van der Waals surface area contributed by atoms with E-state index in [0.717, 1.165) is 48.6 Å². The fourth-order valence-corrected chi connectivity index (χ4v) is 4.18. The molecule has 1 aliphatic heterocycles. The average Bonchev–Trinajstić information content (AvgIpc) is 3.09. The summed E-state index contributed by atoms with van der Waals surface area (Å²) in [5, 5.41) is 3.46. The highest BCUT2D eigenvalue weighted by Crippen LogP contribution is 2.35. The molecular formula is C21H33IN4O. The van der Waals surface area contributed by atoms with Gasteiger partial charge in [0.25, 0.3) is 5.91 Å². The van der Waals surface area contributed by atoms with Gasteiger partial charge in [0, 0.05) is 39.3 Å². The Morgan fingerprint density at radius 2 is 1.74 bits per heavy atom. The van der Waals surface area contributed by atoms with Crippen molar-refractivity contribution in [1.29, 1.82) is 0 Å². The number of nitrogens with zero attached hydrogens (tertiary/aromatic N) is 3. The van der Waals surface area contributed by atoms with Gasteiger partial charge in [-0.3, -0.25) is 4.79 Å². The predicted molar refractivity (Wildman–Crippen MR) is 122 cm³/mol. The Labute approximate surface area is 180 Å². The third-order valence-electron chi connectivity index (χ3n) is 5.63. The molecule has 1 aliphatic carbocycles. The van der Waals surface area contributed by atoms with E-state index in [2.05, 4.69) is 17.1 Å². The summed E-state index contributed by atoms with van der Waals surface area (Å²) < 4.78 is 0. The number of halogens is 1. The van der Waals surface area contributed by atoms with Crippen molar-refractivity contribution < 1.29 is 4.79 Å². The number of hydrogen-bond acceptors (Lipinski definition) is 2. The number of benzene rings is 1. The normalized spacial score (nSPS) is 22.0. The molecule has 1 heterocycles. The standard InChI is InChI=1S/C21H32N4O.HI/c1-4-22-21(25-14-18-7-5-6-8-19(18)15-25)23-13-16-9-11-17(12-10-16)20(26)24(2)3;/h9-12,18-19H,4-8,13-15H2,1-3H3,(H,22,23);1H. The number of aliphatic imine (C=N–C) groups is 1. The summed E-state index contributed by atoms with van der Waals surface area (Å²) in [6.07, 6.45) is 5.53. The molecule has 3 rings (SSSR count). The van der Waals surface area contributed by atoms with Crippen molar-refractivity contribution in [3.8, 4) is 0 Å². The van der Waals surface area contributed by atoms with E-state index in [0.29, 0.717) is 6.54 Å². The van der Waals surface area contributed by atoms with Crippen LogP contribution in [0.5, 0.6) is 0 Å². The van der Waals surface area contributed by atoms with Crippen molar-refractivity contribution in [2.75, 3.05) is 33.7 Å². The fourth-order valence-electron chi connectivity index (χ4n) is 4.18. The zero-order chi connectivity index (χ0) is 18.5. The number of guanidine groups is 1. The molecule has 1 aromatic carbocycles. The predicted octanol–water partition coefficient (Wildman–Crippen LogP) is 3.59. The highest BCUT2D eigenvalue weighted by Gasteiger charge is 2.35. The van der Waals surface area contributed by atoms with Gasteiger partial charge in [-0.05, 0) is 49.3 Å². The van der Waals surface area contributed by atoms with Crippen LogP contribution in [0.15, 0.2) is 29.3 Å². The van der Waals surface area contributed by atoms with Crippen LogP contribution in [-0.2, 0) is 6.54 Å². The second kappa shape index (κ2) is 10.3. The van der Waals surface area contributed by atoms with Gasteiger partial charge in [0.1, 0.15) is 0 Å². The molecule has 0 radical (unpaired) electrons. The summed E-state index contributed by atoms with van der Waals surface area (Å²) in [6.45, 7) is 5.95. The summed E-state index contributed by atoms with van der Waals surface area (Å²) >= 11 is 0. The van der Waals surface area contributed by atoms with Crippen LogP contribution >= 0.6 is 24.0 Å². The minimum atomic E-state index is 0. The second-order valence-electron chi connectivity index (χ2n) is 7.78. The van der Waals surface area contributed by atoms with Crippen molar-refractivity contribution >= 4 is 35.8 Å². The summed E-state index contributed by atoms with van der Waals surface area (Å²) in [4.78, 5) is 20.9. The molecule has 0 spiro atoms. The Morgan fingerprint density at radius 1 is 1.15 bits per heavy atom. The molecule has 6 heteroatoms. The third-order valence-corrected chi connectivity index (χ3v) is 5.63. The summed E-state index contributed by atoms with van der Waals surface area (Å²) in [5.74, 6) is 2.77. The molecule has 2 fully saturated rings. The lowest BCUT2D eigenvalue weighted by atomic mass is 9.82. The first-order valence-corrected chi connectivity index (χ1v) is 9.92. The average molecular weight is 484 g/mol. The molecule has 5 nitrogen and oxygen atoms in total. The van der Waals surface area contributed by atoms with E-state index in [9.17, 15) is 4.79 Å². The van der Waals surface area contributed by atoms with Gasteiger partial charge in [-0.1, -0.05) is 25.0 Å². The molecule has 1 aromatic rings. The smallest absolute Gasteiger partial charge is 0.253 e. The van der Waals surface area contributed by atoms with E-state index in [-0.39, 0.29) is 29.9 Å². The van der Waals surface area contributed by atoms with E-state index in [4.69, 9.17) is 4.99 Å². The number of carbonyl (C=O) groups excluding carboxylic acids is 1. The highest BCUT2D eigenvalue weighted by atomic mass is 127. The van der Waals surface area contributed by atoms with Crippen LogP contribution in [0.4, 0.5) is 0 Å². The largest absolute Gasteiger partial charge is 0.357 e. The van der Waals surface area contributed by atoms with Crippen molar-refractivity contribution in [2.45, 2.75) is 39.2 Å². The first kappa shape index (κ1) is 22.0. The maximum Gasteiger partial charge on any atom is 0.253 e. The minimum Gasteiger partial charge on any atom is -0.357 e. The van der Waals surface area contributed by atoms with Crippen LogP contribution in [0.1, 0.15) is 48.5 Å². The number of rotatable bonds is 4. The SMILES string of the molecule is CCNC(=NCc1ccc(C(=O)N(C)C)cc1)N1CC2CCCCC2C1.I. The van der Waals surface area contributed by atoms with E-state index >= 15 is 0 Å². The van der Waals surface area contributed by atoms with Gasteiger partial charge in [0.2, 0.25) is 0 Å². The van der Waals surface area contributed by atoms with Crippen LogP contribution in [0, 0.1) is 11.8 Å². The third kappa shape index (κ3) is 5.59. The van der Waals surface area contributed by atoms with Crippen molar-refractivity contribution in [2.24, 2.45) is 16.8 Å². The van der Waals surface area contributed by atoms with Gasteiger partial charge in [-0.2, -0.15) is 0 Å². The van der Waals surface area contributed by atoms with Crippen LogP contribution in [0.3, 0.4) is 0 Å². The molecule has 27 heavy (non-hydrogen) atoms. The number of amides is 1. The van der Waals surface area contributed by atoms with Crippen LogP contribution in [0.2, 0.25) is 0 Å². The van der Waals surface area contributed by atoms with Gasteiger partial charge < -0.3 is 15.1 Å². The van der Waals surface area contributed by atoms with Gasteiger partial charge in [0.15, 0.2) is 5.96 Å². The maximum atomic E-state index is 12.0. The molecule has 0 aromatic heterocycles. The zero-order valence-electron chi connectivity index (χ0n) is 16.8. The molecule has 0 bridgehead atoms. The van der Waals surface area contributed by atoms with Crippen molar-refractivity contribution in [3.05, 3.63) is 35.4 Å². The van der Waals surface area contributed by atoms with Gasteiger partial charge in [0.05, 0.1) is 6.54 Å². The van der Waals surface area contributed by atoms with Gasteiger partial charge >= 0.3 is 0 Å². The Bertz CT molecular complexity index is 630. The Morgan fingerprint density at radius 3 is 2.26 bits per heavy atom. The number of likely N-dealkylation sites (tertiary alicyclic amines) is 1. The van der Waals surface area contributed by atoms with E-state index < -0.39 is 0 Å². The molecule has 1 amide bonds. The number of fused-ring (bicyclic) bond motifs is 1. The molecule has 150 valence electrons. The van der Waals surface area contributed by atoms with Crippen LogP contribution < -0.4 is 5.32 Å². The summed E-state index contributed by atoms with van der Waals surface area (Å²) in [7, 11) is 3.55. The molecule has 2 unspecified atom stereocenters. The Balaban J connectivity index is 0.00000261. The number of nitrogens with one attached hydrogen (secondary N) is 1. The van der Waals surface area contributed by atoms with Gasteiger partial charge in [-0.15, -0.1) is 24.0 Å². The van der Waals surface area contributed by atoms with Crippen LogP contribution in [-0.4, -0.2) is 55.4 Å². The lowest BCUT2D eigenvalue weighted by Crippen LogP contribution is -2.40. The van der Waals surface area contributed by atoms with E-state index in [1.807, 2.05) is 24.3 Å². The lowest BCUT2D eigenvalue weighted by Gasteiger charge is -2.22. The fraction of sp³-hybridized carbons (Fsp3) is 0.619. The molecular weight excluding hydrogens is 451 g/mol. The lowest BCUT2D eigenvalue weighted by molar-refractivity contribution is 0.0827. The van der Waals surface area contributed by atoms with Crippen molar-refractivity contribution in [3.63, 3.8) is 0 Å². The zero-order valence-corrected chi connectivity index (χ0v) is 19.1. The van der Waals surface area contributed by atoms with Gasteiger partial charge in [-0.25, -0.2) is 4.99 Å². The first-order chi connectivity index (χ1) is 12.6. The minimum absolute atomic E-state index is 0. The molecule has 1 saturated heterocycles. The number of hydrogen-bond donors (Lipinski definition) is 1. The van der Waals surface area contributed by atoms with Crippen LogP contribution in [0.25, 0.3) is 0 Å². The Hall–Kier alpha value is -1.31. The molecule has 1 saturated carbocycles. The maximum absolute atomic E-state index is 12.0. The summed E-state index contributed by atoms with van der Waals surface area (Å²) in [5.41, 5.74) is 1.85. The topological polar surface area (TPSA) is 47.9 Å². The van der Waals surface area contributed by atoms with E-state index in [1.54, 1.807) is 19.0 Å². The van der Waals surface area contributed by atoms with Crippen molar-refractivity contribution in [1.82, 2.24) is 15.1 Å². The second-order valence-corrected chi connectivity index (χ2v) is 7.78. The Kier molecular flexibility index (Phi) is 8.38. The highest BCUT2D eigenvalue weighted by molar-refractivity contribution is 14.0. The quantitative estimate of drug-likeness (QED) is 0.404. The van der Waals surface area contributed by atoms with E-state index in [1.165, 1.54) is 25.7 Å². The first-order valence-electron chi connectivity index (χ1n) is 9.92. The monoisotopic (exact) mass is 484 g/mol. The number of carbonyl (C=O) groups is 1.